The molecule has 1 aromatic heterocycles. The van der Waals surface area contributed by atoms with Crippen molar-refractivity contribution in [3.63, 3.8) is 0 Å². The largest absolute Gasteiger partial charge is 0.416 e. The number of fused-ring (bicyclic) bond motifs is 1. The third kappa shape index (κ3) is 3.21. The second kappa shape index (κ2) is 6.26. The van der Waals surface area contributed by atoms with Gasteiger partial charge in [0.25, 0.3) is 0 Å². The molecule has 1 heterocycles. The second-order valence-electron chi connectivity index (χ2n) is 5.33. The maximum atomic E-state index is 12.8. The summed E-state index contributed by atoms with van der Waals surface area (Å²) < 4.78 is 38.4. The van der Waals surface area contributed by atoms with Crippen molar-refractivity contribution in [2.75, 3.05) is 0 Å². The van der Waals surface area contributed by atoms with E-state index in [1.54, 1.807) is 0 Å². The van der Waals surface area contributed by atoms with Crippen molar-refractivity contribution in [2.24, 2.45) is 0 Å². The van der Waals surface area contributed by atoms with Crippen LogP contribution in [0.2, 0.25) is 5.15 Å². The number of alkyl halides is 3. The first-order valence-corrected chi connectivity index (χ1v) is 7.98. The van der Waals surface area contributed by atoms with Crippen molar-refractivity contribution in [3.8, 4) is 11.3 Å². The molecule has 7 heteroatoms. The molecule has 0 saturated heterocycles. The zero-order chi connectivity index (χ0) is 17.5. The van der Waals surface area contributed by atoms with E-state index in [4.69, 9.17) is 11.6 Å². The molecule has 0 amide bonds. The van der Waals surface area contributed by atoms with Crippen LogP contribution in [0.4, 0.5) is 13.2 Å². The Hall–Kier alpha value is -1.79. The summed E-state index contributed by atoms with van der Waals surface area (Å²) in [6.07, 6.45) is -4.44. The summed E-state index contributed by atoms with van der Waals surface area (Å²) in [6.45, 7) is 1.92. The maximum absolute atomic E-state index is 12.8. The number of hydrogen-bond donors (Lipinski definition) is 1. The minimum Gasteiger partial charge on any atom is -0.243 e. The summed E-state index contributed by atoms with van der Waals surface area (Å²) in [7, 11) is 0. The standard InChI is InChI=1S/C17H12ClF3N2S/c1-9(24)11-4-2-3-5-12(11)15-16(18)23-14-8-10(17(19,20)21)6-7-13(14)22-15/h2-9,24H,1H3. The Labute approximate surface area is 147 Å². The topological polar surface area (TPSA) is 25.8 Å². The van der Waals surface area contributed by atoms with Gasteiger partial charge < -0.3 is 0 Å². The minimum atomic E-state index is -4.44. The molecule has 0 fully saturated rings. The van der Waals surface area contributed by atoms with E-state index in [0.29, 0.717) is 11.2 Å². The van der Waals surface area contributed by atoms with Gasteiger partial charge in [0, 0.05) is 10.8 Å². The number of aromatic nitrogens is 2. The first-order valence-electron chi connectivity index (χ1n) is 7.09. The van der Waals surface area contributed by atoms with Gasteiger partial charge >= 0.3 is 6.18 Å². The van der Waals surface area contributed by atoms with Gasteiger partial charge in [0.15, 0.2) is 5.15 Å². The first-order chi connectivity index (χ1) is 11.3. The predicted octanol–water partition coefficient (Wildman–Crippen LogP) is 5.96. The molecular weight excluding hydrogens is 357 g/mol. The number of hydrogen-bond acceptors (Lipinski definition) is 3. The van der Waals surface area contributed by atoms with E-state index in [1.807, 2.05) is 31.2 Å². The Kier molecular flexibility index (Phi) is 4.44. The summed E-state index contributed by atoms with van der Waals surface area (Å²) in [5.74, 6) is 0. The highest BCUT2D eigenvalue weighted by Crippen LogP contribution is 2.35. The molecule has 0 spiro atoms. The second-order valence-corrected chi connectivity index (χ2v) is 6.46. The van der Waals surface area contributed by atoms with Crippen LogP contribution in [0.15, 0.2) is 42.5 Å². The van der Waals surface area contributed by atoms with E-state index in [2.05, 4.69) is 22.6 Å². The average Bonchev–Trinajstić information content (AvgIpc) is 2.52. The van der Waals surface area contributed by atoms with Crippen molar-refractivity contribution in [1.82, 2.24) is 9.97 Å². The fourth-order valence-electron chi connectivity index (χ4n) is 2.46. The molecular formula is C17H12ClF3N2S. The lowest BCUT2D eigenvalue weighted by atomic mass is 10.0. The molecule has 2 nitrogen and oxygen atoms in total. The summed E-state index contributed by atoms with van der Waals surface area (Å²) in [5, 5.41) is 0.00521. The number of rotatable bonds is 2. The number of halogens is 4. The van der Waals surface area contributed by atoms with Crippen LogP contribution in [-0.4, -0.2) is 9.97 Å². The lowest BCUT2D eigenvalue weighted by Crippen LogP contribution is -2.05. The normalized spacial score (nSPS) is 13.2. The van der Waals surface area contributed by atoms with Gasteiger partial charge in [0.1, 0.15) is 5.69 Å². The van der Waals surface area contributed by atoms with E-state index in [0.717, 1.165) is 23.3 Å². The van der Waals surface area contributed by atoms with Crippen molar-refractivity contribution in [1.29, 1.82) is 0 Å². The van der Waals surface area contributed by atoms with Crippen LogP contribution in [0, 0.1) is 0 Å². The number of benzene rings is 2. The SMILES string of the molecule is CC(S)c1ccccc1-c1nc2ccc(C(F)(F)F)cc2nc1Cl. The zero-order valence-electron chi connectivity index (χ0n) is 12.5. The lowest BCUT2D eigenvalue weighted by Gasteiger charge is -2.13. The van der Waals surface area contributed by atoms with Gasteiger partial charge in [-0.25, -0.2) is 9.97 Å². The Morgan fingerprint density at radius 3 is 2.42 bits per heavy atom. The zero-order valence-corrected chi connectivity index (χ0v) is 14.1. The van der Waals surface area contributed by atoms with Crippen LogP contribution in [-0.2, 0) is 6.18 Å². The minimum absolute atomic E-state index is 0.0534. The van der Waals surface area contributed by atoms with Gasteiger partial charge in [-0.1, -0.05) is 35.9 Å². The number of nitrogens with zero attached hydrogens (tertiary/aromatic N) is 2. The molecule has 1 unspecified atom stereocenters. The third-order valence-corrected chi connectivity index (χ3v) is 4.16. The van der Waals surface area contributed by atoms with Gasteiger partial charge in [-0.05, 0) is 30.7 Å². The highest BCUT2D eigenvalue weighted by atomic mass is 35.5. The molecule has 0 N–H and O–H groups in total. The highest BCUT2D eigenvalue weighted by molar-refractivity contribution is 7.80. The smallest absolute Gasteiger partial charge is 0.243 e. The fourth-order valence-corrected chi connectivity index (χ4v) is 2.92. The summed E-state index contributed by atoms with van der Waals surface area (Å²) >= 11 is 10.6. The van der Waals surface area contributed by atoms with E-state index >= 15 is 0 Å². The van der Waals surface area contributed by atoms with Crippen LogP contribution in [0.25, 0.3) is 22.3 Å². The van der Waals surface area contributed by atoms with Crippen molar-refractivity contribution < 1.29 is 13.2 Å². The Bertz CT molecular complexity index is 910. The van der Waals surface area contributed by atoms with Crippen LogP contribution < -0.4 is 0 Å². The predicted molar refractivity (Wildman–Crippen MR) is 92.4 cm³/mol. The molecule has 1 atom stereocenters. The molecule has 3 rings (SSSR count). The van der Waals surface area contributed by atoms with Crippen LogP contribution in [0.1, 0.15) is 23.3 Å². The molecule has 0 aliphatic heterocycles. The van der Waals surface area contributed by atoms with Crippen molar-refractivity contribution >= 4 is 35.3 Å². The number of thiol groups is 1. The van der Waals surface area contributed by atoms with Gasteiger partial charge in [0.05, 0.1) is 16.6 Å². The molecule has 0 bridgehead atoms. The van der Waals surface area contributed by atoms with Crippen LogP contribution in [0.5, 0.6) is 0 Å². The first kappa shape index (κ1) is 17.0. The fraction of sp³-hybridized carbons (Fsp3) is 0.176. The molecule has 2 aromatic carbocycles. The van der Waals surface area contributed by atoms with Crippen LogP contribution >= 0.6 is 24.2 Å². The van der Waals surface area contributed by atoms with Gasteiger partial charge in [-0.3, -0.25) is 0 Å². The molecule has 0 aliphatic rings. The third-order valence-electron chi connectivity index (χ3n) is 3.62. The molecule has 0 saturated carbocycles. The maximum Gasteiger partial charge on any atom is 0.416 e. The molecule has 24 heavy (non-hydrogen) atoms. The molecule has 3 aromatic rings. The Morgan fingerprint density at radius 1 is 1.04 bits per heavy atom. The van der Waals surface area contributed by atoms with E-state index in [-0.39, 0.29) is 15.9 Å². The van der Waals surface area contributed by atoms with Crippen molar-refractivity contribution in [3.05, 3.63) is 58.7 Å². The quantitative estimate of drug-likeness (QED) is 0.565. The van der Waals surface area contributed by atoms with Crippen LogP contribution in [0.3, 0.4) is 0 Å². The van der Waals surface area contributed by atoms with E-state index in [9.17, 15) is 13.2 Å². The molecule has 124 valence electrons. The van der Waals surface area contributed by atoms with Gasteiger partial charge in [-0.2, -0.15) is 25.8 Å². The van der Waals surface area contributed by atoms with E-state index in [1.165, 1.54) is 6.07 Å². The Morgan fingerprint density at radius 2 is 1.75 bits per heavy atom. The molecule has 0 aliphatic carbocycles. The van der Waals surface area contributed by atoms with E-state index < -0.39 is 11.7 Å². The average molecular weight is 369 g/mol. The summed E-state index contributed by atoms with van der Waals surface area (Å²) in [5.41, 5.74) is 1.79. The molecule has 0 radical (unpaired) electrons. The van der Waals surface area contributed by atoms with Gasteiger partial charge in [-0.15, -0.1) is 0 Å². The highest BCUT2D eigenvalue weighted by Gasteiger charge is 2.30. The van der Waals surface area contributed by atoms with Gasteiger partial charge in [0.2, 0.25) is 0 Å². The monoisotopic (exact) mass is 368 g/mol. The lowest BCUT2D eigenvalue weighted by molar-refractivity contribution is -0.137. The summed E-state index contributed by atoms with van der Waals surface area (Å²) in [4.78, 5) is 8.52. The Balaban J connectivity index is 2.20. The van der Waals surface area contributed by atoms with Crippen molar-refractivity contribution in [2.45, 2.75) is 18.3 Å². The summed E-state index contributed by atoms with van der Waals surface area (Å²) in [6, 6.07) is 10.7.